The van der Waals surface area contributed by atoms with Gasteiger partial charge >= 0.3 is 0 Å². The van der Waals surface area contributed by atoms with Crippen LogP contribution in [0.5, 0.6) is 0 Å². The molecular formula is C16H21N5OS. The number of nitrogens with zero attached hydrogens (tertiary/aromatic N) is 4. The van der Waals surface area contributed by atoms with Crippen molar-refractivity contribution in [3.63, 3.8) is 0 Å². The van der Waals surface area contributed by atoms with Crippen molar-refractivity contribution < 1.29 is 4.79 Å². The van der Waals surface area contributed by atoms with Crippen LogP contribution in [0.1, 0.15) is 12.0 Å². The molecule has 1 N–H and O–H groups in total. The lowest BCUT2D eigenvalue weighted by Crippen LogP contribution is -2.38. The molecule has 1 aliphatic heterocycles. The summed E-state index contributed by atoms with van der Waals surface area (Å²) in [5, 5.41) is 10.6. The molecule has 23 heavy (non-hydrogen) atoms. The maximum absolute atomic E-state index is 12.2. The molecule has 1 unspecified atom stereocenters. The molecule has 1 aromatic heterocycles. The smallest absolute Gasteiger partial charge is 0.238 e. The molecule has 122 valence electrons. The van der Waals surface area contributed by atoms with E-state index in [0.717, 1.165) is 17.0 Å². The molecule has 2 heterocycles. The van der Waals surface area contributed by atoms with Crippen molar-refractivity contribution in [3.05, 3.63) is 42.5 Å². The summed E-state index contributed by atoms with van der Waals surface area (Å²) < 4.78 is 1.90. The van der Waals surface area contributed by atoms with E-state index in [-0.39, 0.29) is 5.91 Å². The van der Waals surface area contributed by atoms with Gasteiger partial charge in [-0.2, -0.15) is 11.8 Å². The van der Waals surface area contributed by atoms with Crippen LogP contribution in [0.4, 0.5) is 5.69 Å². The fourth-order valence-corrected chi connectivity index (χ4v) is 3.99. The number of thioether (sulfide) groups is 1. The van der Waals surface area contributed by atoms with Crippen LogP contribution in [0.25, 0.3) is 0 Å². The molecule has 1 saturated heterocycles. The van der Waals surface area contributed by atoms with Crippen LogP contribution in [0.2, 0.25) is 0 Å². The van der Waals surface area contributed by atoms with E-state index in [1.165, 1.54) is 12.2 Å². The van der Waals surface area contributed by atoms with Gasteiger partial charge in [-0.05, 0) is 36.9 Å². The largest absolute Gasteiger partial charge is 0.325 e. The van der Waals surface area contributed by atoms with Crippen LogP contribution in [0.15, 0.2) is 36.9 Å². The number of carbonyl (C=O) groups excluding carboxylic acids is 1. The zero-order valence-corrected chi connectivity index (χ0v) is 14.0. The number of likely N-dealkylation sites (N-methyl/N-ethyl adjacent to an activating group) is 1. The van der Waals surface area contributed by atoms with Gasteiger partial charge in [0.2, 0.25) is 5.91 Å². The maximum Gasteiger partial charge on any atom is 0.238 e. The fourth-order valence-electron chi connectivity index (χ4n) is 2.69. The summed E-state index contributed by atoms with van der Waals surface area (Å²) in [5.41, 5.74) is 1.93. The molecule has 2 aromatic rings. The average Bonchev–Trinajstić information content (AvgIpc) is 3.20. The summed E-state index contributed by atoms with van der Waals surface area (Å²) in [5.74, 6) is 2.35. The normalized spacial score (nSPS) is 17.6. The standard InChI is InChI=1S/C16H21N5OS/c1-20(15-5-6-23-10-15)9-16(22)19-14-4-2-3-13(7-14)8-21-11-17-18-12-21/h2-4,7,11-12,15H,5-6,8-10H2,1H3,(H,19,22). The van der Waals surface area contributed by atoms with Gasteiger partial charge in [-0.1, -0.05) is 12.1 Å². The molecule has 1 fully saturated rings. The Morgan fingerprint density at radius 1 is 1.43 bits per heavy atom. The minimum Gasteiger partial charge on any atom is -0.325 e. The summed E-state index contributed by atoms with van der Waals surface area (Å²) in [6.45, 7) is 1.12. The molecule has 1 aliphatic rings. The number of nitrogens with one attached hydrogen (secondary N) is 1. The lowest BCUT2D eigenvalue weighted by Gasteiger charge is -2.22. The average molecular weight is 331 g/mol. The first kappa shape index (κ1) is 16.0. The summed E-state index contributed by atoms with van der Waals surface area (Å²) in [6, 6.07) is 8.40. The number of benzene rings is 1. The minimum absolute atomic E-state index is 0.0332. The fraction of sp³-hybridized carbons (Fsp3) is 0.438. The SMILES string of the molecule is CN(CC(=O)Nc1cccc(Cn2cnnc2)c1)C1CCSC1. The van der Waals surface area contributed by atoms with Crippen molar-refractivity contribution in [2.45, 2.75) is 19.0 Å². The second-order valence-corrected chi connectivity index (χ2v) is 6.97. The Kier molecular flexibility index (Phi) is 5.30. The van der Waals surface area contributed by atoms with E-state index in [1.54, 1.807) is 12.7 Å². The van der Waals surface area contributed by atoms with Gasteiger partial charge in [0.05, 0.1) is 13.1 Å². The molecule has 1 aromatic carbocycles. The third kappa shape index (κ3) is 4.56. The van der Waals surface area contributed by atoms with Crippen molar-refractivity contribution in [1.82, 2.24) is 19.7 Å². The van der Waals surface area contributed by atoms with Crippen LogP contribution in [0.3, 0.4) is 0 Å². The minimum atomic E-state index is 0.0332. The Balaban J connectivity index is 1.55. The predicted molar refractivity (Wildman–Crippen MR) is 92.6 cm³/mol. The van der Waals surface area contributed by atoms with Gasteiger partial charge in [0.15, 0.2) is 0 Å². The molecule has 1 atom stereocenters. The van der Waals surface area contributed by atoms with E-state index in [1.807, 2.05) is 47.6 Å². The zero-order chi connectivity index (χ0) is 16.1. The summed E-state index contributed by atoms with van der Waals surface area (Å²) in [4.78, 5) is 14.4. The van der Waals surface area contributed by atoms with E-state index in [0.29, 0.717) is 19.1 Å². The van der Waals surface area contributed by atoms with Crippen molar-refractivity contribution in [3.8, 4) is 0 Å². The first-order chi connectivity index (χ1) is 11.2. The lowest BCUT2D eigenvalue weighted by atomic mass is 10.2. The number of amides is 1. The monoisotopic (exact) mass is 331 g/mol. The van der Waals surface area contributed by atoms with Gasteiger partial charge in [0, 0.05) is 17.5 Å². The summed E-state index contributed by atoms with van der Waals surface area (Å²) in [7, 11) is 2.03. The predicted octanol–water partition coefficient (Wildman–Crippen LogP) is 1.70. The molecule has 0 aliphatic carbocycles. The maximum atomic E-state index is 12.2. The molecule has 7 heteroatoms. The first-order valence-corrected chi connectivity index (χ1v) is 8.85. The number of rotatable bonds is 6. The topological polar surface area (TPSA) is 63.1 Å². The highest BCUT2D eigenvalue weighted by Crippen LogP contribution is 2.21. The highest BCUT2D eigenvalue weighted by atomic mass is 32.2. The Morgan fingerprint density at radius 2 is 2.26 bits per heavy atom. The third-order valence-electron chi connectivity index (χ3n) is 3.96. The molecule has 0 radical (unpaired) electrons. The van der Waals surface area contributed by atoms with Gasteiger partial charge < -0.3 is 9.88 Å². The number of aromatic nitrogens is 3. The Labute approximate surface area is 140 Å². The molecule has 6 nitrogen and oxygen atoms in total. The van der Waals surface area contributed by atoms with Crippen LogP contribution >= 0.6 is 11.8 Å². The Hall–Kier alpha value is -1.86. The summed E-state index contributed by atoms with van der Waals surface area (Å²) in [6.07, 6.45) is 4.53. The second-order valence-electron chi connectivity index (χ2n) is 5.82. The van der Waals surface area contributed by atoms with E-state index in [2.05, 4.69) is 20.4 Å². The van der Waals surface area contributed by atoms with Crippen molar-refractivity contribution in [2.75, 3.05) is 30.4 Å². The molecule has 0 saturated carbocycles. The van der Waals surface area contributed by atoms with Crippen LogP contribution < -0.4 is 5.32 Å². The Morgan fingerprint density at radius 3 is 3.00 bits per heavy atom. The first-order valence-electron chi connectivity index (χ1n) is 7.70. The van der Waals surface area contributed by atoms with Gasteiger partial charge in [-0.3, -0.25) is 9.69 Å². The zero-order valence-electron chi connectivity index (χ0n) is 13.2. The van der Waals surface area contributed by atoms with Crippen LogP contribution in [-0.2, 0) is 11.3 Å². The Bertz CT molecular complexity index is 640. The summed E-state index contributed by atoms with van der Waals surface area (Å²) >= 11 is 1.96. The lowest BCUT2D eigenvalue weighted by molar-refractivity contribution is -0.117. The molecule has 3 rings (SSSR count). The van der Waals surface area contributed by atoms with Gasteiger partial charge in [-0.15, -0.1) is 10.2 Å². The van der Waals surface area contributed by atoms with Gasteiger partial charge in [0.25, 0.3) is 0 Å². The van der Waals surface area contributed by atoms with E-state index in [4.69, 9.17) is 0 Å². The van der Waals surface area contributed by atoms with Crippen LogP contribution in [-0.4, -0.2) is 56.7 Å². The number of hydrogen-bond acceptors (Lipinski definition) is 5. The third-order valence-corrected chi connectivity index (χ3v) is 5.11. The molecule has 0 bridgehead atoms. The molecular weight excluding hydrogens is 310 g/mol. The van der Waals surface area contributed by atoms with Crippen molar-refractivity contribution in [1.29, 1.82) is 0 Å². The number of anilines is 1. The number of carbonyl (C=O) groups is 1. The number of hydrogen-bond donors (Lipinski definition) is 1. The van der Waals surface area contributed by atoms with Gasteiger partial charge in [0.1, 0.15) is 12.7 Å². The van der Waals surface area contributed by atoms with Gasteiger partial charge in [-0.25, -0.2) is 0 Å². The highest BCUT2D eigenvalue weighted by molar-refractivity contribution is 7.99. The molecule has 0 spiro atoms. The second kappa shape index (κ2) is 7.61. The quantitative estimate of drug-likeness (QED) is 0.873. The van der Waals surface area contributed by atoms with E-state index < -0.39 is 0 Å². The van der Waals surface area contributed by atoms with Crippen molar-refractivity contribution >= 4 is 23.4 Å². The van der Waals surface area contributed by atoms with Crippen LogP contribution in [0, 0.1) is 0 Å². The van der Waals surface area contributed by atoms with Crippen molar-refractivity contribution in [2.24, 2.45) is 0 Å². The van der Waals surface area contributed by atoms with E-state index in [9.17, 15) is 4.79 Å². The highest BCUT2D eigenvalue weighted by Gasteiger charge is 2.21. The molecule has 1 amide bonds. The van der Waals surface area contributed by atoms with E-state index >= 15 is 0 Å².